The third-order valence-corrected chi connectivity index (χ3v) is 10.6. The van der Waals surface area contributed by atoms with E-state index in [0.29, 0.717) is 0 Å². The van der Waals surface area contributed by atoms with E-state index < -0.39 is 0 Å². The summed E-state index contributed by atoms with van der Waals surface area (Å²) in [5, 5.41) is 3.71. The molecule has 0 atom stereocenters. The number of hydrogen-bond donors (Lipinski definition) is 0. The Kier molecular flexibility index (Phi) is 7.85. The second kappa shape index (κ2) is 13.4. The summed E-state index contributed by atoms with van der Waals surface area (Å²) in [5.74, 6) is 0. The van der Waals surface area contributed by atoms with Gasteiger partial charge >= 0.3 is 0 Å². The van der Waals surface area contributed by atoms with Crippen molar-refractivity contribution in [3.8, 4) is 44.5 Å². The maximum absolute atomic E-state index is 2.37. The summed E-state index contributed by atoms with van der Waals surface area (Å²) in [5.41, 5.74) is 15.5. The number of fused-ring (bicyclic) bond motifs is 4. The van der Waals surface area contributed by atoms with E-state index in [1.54, 1.807) is 0 Å². The van der Waals surface area contributed by atoms with Crippen LogP contribution in [0.4, 0.5) is 17.1 Å². The average Bonchev–Trinajstić information content (AvgIpc) is 3.57. The van der Waals surface area contributed by atoms with Crippen molar-refractivity contribution in [3.05, 3.63) is 219 Å². The second-order valence-electron chi connectivity index (χ2n) is 13.8. The van der Waals surface area contributed by atoms with Gasteiger partial charge in [0.2, 0.25) is 0 Å². The van der Waals surface area contributed by atoms with Crippen molar-refractivity contribution in [3.63, 3.8) is 0 Å². The lowest BCUT2D eigenvalue weighted by Gasteiger charge is -2.26. The molecule has 54 heavy (non-hydrogen) atoms. The van der Waals surface area contributed by atoms with Crippen LogP contribution in [0.3, 0.4) is 0 Å². The van der Waals surface area contributed by atoms with Gasteiger partial charge in [0.25, 0.3) is 0 Å². The SMILES string of the molecule is c1ccc(-c2ccc(N(c3ccc(-c4ccccc4)cc3)c3ccc(-c4cccc5cc6c(-c7ccccc7)c7ccccc7n6cc45)cc3)cc2)cc1. The van der Waals surface area contributed by atoms with Gasteiger partial charge in [0.15, 0.2) is 0 Å². The topological polar surface area (TPSA) is 7.65 Å². The molecule has 10 aromatic rings. The fourth-order valence-electron chi connectivity index (χ4n) is 7.96. The summed E-state index contributed by atoms with van der Waals surface area (Å²) in [6.45, 7) is 0. The van der Waals surface area contributed by atoms with Gasteiger partial charge in [-0.1, -0.05) is 164 Å². The molecule has 10 rings (SSSR count). The quantitative estimate of drug-likeness (QED) is 0.162. The molecule has 2 heterocycles. The fraction of sp³-hybridized carbons (Fsp3) is 0. The maximum Gasteiger partial charge on any atom is 0.0547 e. The molecule has 0 spiro atoms. The van der Waals surface area contributed by atoms with Gasteiger partial charge in [-0.2, -0.15) is 0 Å². The highest BCUT2D eigenvalue weighted by Crippen LogP contribution is 2.41. The first kappa shape index (κ1) is 31.6. The van der Waals surface area contributed by atoms with Crippen molar-refractivity contribution in [2.45, 2.75) is 0 Å². The van der Waals surface area contributed by atoms with Crippen molar-refractivity contribution in [1.29, 1.82) is 0 Å². The number of para-hydroxylation sites is 1. The zero-order valence-corrected chi connectivity index (χ0v) is 29.7. The average molecular weight is 689 g/mol. The molecule has 2 aromatic heterocycles. The molecule has 0 aliphatic rings. The Morgan fingerprint density at radius 3 is 1.33 bits per heavy atom. The molecule has 0 aliphatic carbocycles. The van der Waals surface area contributed by atoms with Gasteiger partial charge in [0.1, 0.15) is 0 Å². The highest BCUT2D eigenvalue weighted by Gasteiger charge is 2.17. The van der Waals surface area contributed by atoms with Crippen molar-refractivity contribution in [2.24, 2.45) is 0 Å². The summed E-state index contributed by atoms with van der Waals surface area (Å²) in [4.78, 5) is 2.34. The first-order chi connectivity index (χ1) is 26.8. The van der Waals surface area contributed by atoms with Crippen LogP contribution in [0.2, 0.25) is 0 Å². The Hall–Kier alpha value is -7.16. The Labute approximate surface area is 315 Å². The van der Waals surface area contributed by atoms with Crippen molar-refractivity contribution in [1.82, 2.24) is 4.40 Å². The number of hydrogen-bond acceptors (Lipinski definition) is 1. The molecule has 0 amide bonds. The van der Waals surface area contributed by atoms with Gasteiger partial charge in [0, 0.05) is 39.6 Å². The second-order valence-corrected chi connectivity index (χ2v) is 13.8. The first-order valence-electron chi connectivity index (χ1n) is 18.5. The standard InChI is InChI=1S/C52H36N2/c1-4-13-37(14-5-1)39-23-29-44(30-24-39)54(45-31-25-40(26-32-45)38-15-6-2-7-16-38)46-33-27-41(28-34-46)47-21-12-19-43-35-51-52(42-17-8-3-9-18-42)48-20-10-11-22-50(48)53(51)36-49(43)47/h1-36H. The molecule has 8 aromatic carbocycles. The van der Waals surface area contributed by atoms with Crippen molar-refractivity contribution in [2.75, 3.05) is 4.90 Å². The number of pyridine rings is 1. The summed E-state index contributed by atoms with van der Waals surface area (Å²) < 4.78 is 2.37. The van der Waals surface area contributed by atoms with Crippen LogP contribution in [0.25, 0.3) is 71.7 Å². The van der Waals surface area contributed by atoms with E-state index in [4.69, 9.17) is 0 Å². The summed E-state index contributed by atoms with van der Waals surface area (Å²) in [6, 6.07) is 76.4. The smallest absolute Gasteiger partial charge is 0.0547 e. The van der Waals surface area contributed by atoms with Gasteiger partial charge < -0.3 is 9.30 Å². The van der Waals surface area contributed by atoms with Gasteiger partial charge in [-0.25, -0.2) is 0 Å². The lowest BCUT2D eigenvalue weighted by molar-refractivity contribution is 1.28. The lowest BCUT2D eigenvalue weighted by atomic mass is 9.98. The zero-order valence-electron chi connectivity index (χ0n) is 29.7. The third kappa shape index (κ3) is 5.62. The molecule has 0 saturated heterocycles. The maximum atomic E-state index is 2.37. The van der Waals surface area contributed by atoms with Crippen LogP contribution < -0.4 is 4.90 Å². The molecular weight excluding hydrogens is 653 g/mol. The van der Waals surface area contributed by atoms with Gasteiger partial charge in [0.05, 0.1) is 11.0 Å². The van der Waals surface area contributed by atoms with Crippen LogP contribution >= 0.6 is 0 Å². The molecule has 2 nitrogen and oxygen atoms in total. The molecule has 0 bridgehead atoms. The van der Waals surface area contributed by atoms with E-state index in [0.717, 1.165) is 17.1 Å². The molecule has 0 saturated carbocycles. The molecule has 0 N–H and O–H groups in total. The first-order valence-corrected chi connectivity index (χ1v) is 18.5. The van der Waals surface area contributed by atoms with Gasteiger partial charge in [-0.15, -0.1) is 0 Å². The summed E-state index contributed by atoms with van der Waals surface area (Å²) >= 11 is 0. The molecular formula is C52H36N2. The van der Waals surface area contributed by atoms with E-state index in [9.17, 15) is 0 Å². The third-order valence-electron chi connectivity index (χ3n) is 10.6. The van der Waals surface area contributed by atoms with Gasteiger partial charge in [-0.3, -0.25) is 0 Å². The predicted molar refractivity (Wildman–Crippen MR) is 229 cm³/mol. The largest absolute Gasteiger partial charge is 0.315 e. The fourth-order valence-corrected chi connectivity index (χ4v) is 7.96. The van der Waals surface area contributed by atoms with E-state index in [1.807, 2.05) is 0 Å². The summed E-state index contributed by atoms with van der Waals surface area (Å²) in [6.07, 6.45) is 2.33. The minimum atomic E-state index is 1.10. The van der Waals surface area contributed by atoms with Crippen LogP contribution in [0.15, 0.2) is 219 Å². The predicted octanol–water partition coefficient (Wildman–Crippen LogP) is 14.4. The van der Waals surface area contributed by atoms with E-state index in [-0.39, 0.29) is 0 Å². The Balaban J connectivity index is 1.07. The number of rotatable bonds is 7. The molecule has 2 heteroatoms. The molecule has 0 aliphatic heterocycles. The van der Waals surface area contributed by atoms with Crippen LogP contribution in [0, 0.1) is 0 Å². The number of benzene rings is 8. The lowest BCUT2D eigenvalue weighted by Crippen LogP contribution is -2.09. The highest BCUT2D eigenvalue weighted by atomic mass is 15.1. The Morgan fingerprint density at radius 2 is 0.778 bits per heavy atom. The molecule has 0 unspecified atom stereocenters. The van der Waals surface area contributed by atoms with Crippen molar-refractivity contribution >= 4 is 44.3 Å². The normalized spacial score (nSPS) is 11.3. The molecule has 0 fully saturated rings. The Bertz CT molecular complexity index is 2790. The number of anilines is 3. The Morgan fingerprint density at radius 1 is 0.315 bits per heavy atom. The molecule has 254 valence electrons. The minimum absolute atomic E-state index is 1.10. The van der Waals surface area contributed by atoms with Gasteiger partial charge in [-0.05, 0) is 92.9 Å². The van der Waals surface area contributed by atoms with Crippen LogP contribution in [0.1, 0.15) is 0 Å². The molecule has 0 radical (unpaired) electrons. The van der Waals surface area contributed by atoms with E-state index in [2.05, 4.69) is 228 Å². The zero-order chi connectivity index (χ0) is 35.8. The van der Waals surface area contributed by atoms with Crippen molar-refractivity contribution < 1.29 is 0 Å². The van der Waals surface area contributed by atoms with E-state index >= 15 is 0 Å². The minimum Gasteiger partial charge on any atom is -0.315 e. The monoisotopic (exact) mass is 688 g/mol. The van der Waals surface area contributed by atoms with E-state index in [1.165, 1.54) is 71.7 Å². The van der Waals surface area contributed by atoms with Crippen LogP contribution in [-0.2, 0) is 0 Å². The summed E-state index contributed by atoms with van der Waals surface area (Å²) in [7, 11) is 0. The number of nitrogens with zero attached hydrogens (tertiary/aromatic N) is 2. The number of aromatic nitrogens is 1. The highest BCUT2D eigenvalue weighted by molar-refractivity contribution is 6.09. The van der Waals surface area contributed by atoms with Crippen LogP contribution in [0.5, 0.6) is 0 Å². The van der Waals surface area contributed by atoms with Crippen LogP contribution in [-0.4, -0.2) is 4.40 Å².